The predicted molar refractivity (Wildman–Crippen MR) is 215 cm³/mol. The number of aromatic amines is 1. The summed E-state index contributed by atoms with van der Waals surface area (Å²) in [6.45, 7) is 13.0. The number of fused-ring (bicyclic) bond motifs is 2. The number of pyridine rings is 1. The summed E-state index contributed by atoms with van der Waals surface area (Å²) in [7, 11) is 0. The lowest BCUT2D eigenvalue weighted by Gasteiger charge is -2.27. The molecule has 0 unspecified atom stereocenters. The third-order valence-electron chi connectivity index (χ3n) is 9.80. The SMILES string of the molecule is CC(C)(C)c1cc(-c2nn(-c3cc(-c4ccccc4)cc(N(c4ccccc4)c4[nH]cc5ccccc45)n3)c3ccccc23)c(O)c(C(C)(C)C)c1. The number of nitrogens with one attached hydrogen (secondary N) is 1. The minimum absolute atomic E-state index is 0.135. The molecule has 3 aromatic heterocycles. The van der Waals surface area contributed by atoms with E-state index in [9.17, 15) is 5.11 Å². The van der Waals surface area contributed by atoms with Gasteiger partial charge in [-0.2, -0.15) is 5.10 Å². The van der Waals surface area contributed by atoms with Gasteiger partial charge in [-0.3, -0.25) is 4.90 Å². The van der Waals surface area contributed by atoms with Gasteiger partial charge in [-0.15, -0.1) is 0 Å². The highest BCUT2D eigenvalue weighted by Gasteiger charge is 2.28. The molecule has 0 saturated heterocycles. The van der Waals surface area contributed by atoms with Gasteiger partial charge in [0.2, 0.25) is 0 Å². The average molecular weight is 682 g/mol. The molecule has 8 aromatic rings. The summed E-state index contributed by atoms with van der Waals surface area (Å²) >= 11 is 0. The van der Waals surface area contributed by atoms with Gasteiger partial charge >= 0.3 is 0 Å². The Morgan fingerprint density at radius 2 is 1.31 bits per heavy atom. The summed E-state index contributed by atoms with van der Waals surface area (Å²) in [4.78, 5) is 11.1. The molecule has 0 bridgehead atoms. The number of H-pyrrole nitrogens is 1. The number of aromatic nitrogens is 4. The Kier molecular flexibility index (Phi) is 7.98. The highest BCUT2D eigenvalue weighted by molar-refractivity contribution is 5.98. The molecule has 6 heteroatoms. The molecule has 0 aliphatic carbocycles. The quantitative estimate of drug-likeness (QED) is 0.183. The summed E-state index contributed by atoms with van der Waals surface area (Å²) in [5.74, 6) is 2.59. The van der Waals surface area contributed by atoms with Crippen molar-refractivity contribution in [2.45, 2.75) is 52.4 Å². The first-order chi connectivity index (χ1) is 25.0. The van der Waals surface area contributed by atoms with E-state index in [0.717, 1.165) is 66.8 Å². The van der Waals surface area contributed by atoms with Crippen LogP contribution in [0.3, 0.4) is 0 Å². The van der Waals surface area contributed by atoms with Crippen molar-refractivity contribution in [3.63, 3.8) is 0 Å². The van der Waals surface area contributed by atoms with E-state index in [-0.39, 0.29) is 16.6 Å². The fourth-order valence-electron chi connectivity index (χ4n) is 6.98. The predicted octanol–water partition coefficient (Wildman–Crippen LogP) is 12.0. The molecule has 0 saturated carbocycles. The van der Waals surface area contributed by atoms with E-state index >= 15 is 0 Å². The van der Waals surface area contributed by atoms with E-state index in [1.54, 1.807) is 0 Å². The van der Waals surface area contributed by atoms with Gasteiger partial charge in [0.05, 0.1) is 5.52 Å². The number of hydrogen-bond acceptors (Lipinski definition) is 4. The lowest BCUT2D eigenvalue weighted by atomic mass is 9.78. The second-order valence-corrected chi connectivity index (χ2v) is 15.5. The lowest BCUT2D eigenvalue weighted by Crippen LogP contribution is -2.17. The Labute approximate surface area is 305 Å². The normalized spacial score (nSPS) is 12.1. The van der Waals surface area contributed by atoms with Gasteiger partial charge in [0, 0.05) is 39.2 Å². The molecule has 52 heavy (non-hydrogen) atoms. The molecule has 5 aromatic carbocycles. The average Bonchev–Trinajstić information content (AvgIpc) is 3.74. The molecule has 0 aliphatic heterocycles. The number of anilines is 3. The summed E-state index contributed by atoms with van der Waals surface area (Å²) in [6.07, 6.45) is 2.04. The van der Waals surface area contributed by atoms with E-state index in [1.165, 1.54) is 0 Å². The van der Waals surface area contributed by atoms with Crippen LogP contribution in [0.25, 0.3) is 49.9 Å². The summed E-state index contributed by atoms with van der Waals surface area (Å²) < 4.78 is 1.93. The Morgan fingerprint density at radius 3 is 2.02 bits per heavy atom. The van der Waals surface area contributed by atoms with Gasteiger partial charge in [0.25, 0.3) is 0 Å². The topological polar surface area (TPSA) is 70.0 Å². The van der Waals surface area contributed by atoms with Crippen LogP contribution in [-0.4, -0.2) is 24.9 Å². The van der Waals surface area contributed by atoms with Crippen molar-refractivity contribution < 1.29 is 5.11 Å². The Bertz CT molecular complexity index is 2550. The maximum Gasteiger partial charge on any atom is 0.157 e. The smallest absolute Gasteiger partial charge is 0.157 e. The molecule has 0 radical (unpaired) electrons. The molecule has 0 spiro atoms. The van der Waals surface area contributed by atoms with E-state index in [1.807, 2.05) is 47.3 Å². The van der Waals surface area contributed by atoms with Gasteiger partial charge in [-0.1, -0.05) is 139 Å². The third kappa shape index (κ3) is 5.90. The number of hydrogen-bond donors (Lipinski definition) is 2. The van der Waals surface area contributed by atoms with Crippen LogP contribution in [-0.2, 0) is 10.8 Å². The van der Waals surface area contributed by atoms with Crippen LogP contribution in [0.2, 0.25) is 0 Å². The maximum absolute atomic E-state index is 12.0. The number of nitrogens with zero attached hydrogens (tertiary/aromatic N) is 4. The first-order valence-corrected chi connectivity index (χ1v) is 17.8. The Hall–Kier alpha value is -6.14. The van der Waals surface area contributed by atoms with Crippen molar-refractivity contribution in [2.24, 2.45) is 0 Å². The molecule has 6 nitrogen and oxygen atoms in total. The molecule has 2 N–H and O–H groups in total. The zero-order chi connectivity index (χ0) is 36.2. The number of para-hydroxylation sites is 2. The minimum atomic E-state index is -0.276. The third-order valence-corrected chi connectivity index (χ3v) is 9.80. The van der Waals surface area contributed by atoms with Crippen LogP contribution in [0, 0.1) is 0 Å². The van der Waals surface area contributed by atoms with Crippen LogP contribution in [0.1, 0.15) is 52.7 Å². The van der Waals surface area contributed by atoms with E-state index in [0.29, 0.717) is 11.5 Å². The second-order valence-electron chi connectivity index (χ2n) is 15.5. The van der Waals surface area contributed by atoms with Gasteiger partial charge < -0.3 is 10.1 Å². The highest BCUT2D eigenvalue weighted by atomic mass is 16.3. The van der Waals surface area contributed by atoms with Gasteiger partial charge in [0.1, 0.15) is 23.1 Å². The minimum Gasteiger partial charge on any atom is -0.507 e. The van der Waals surface area contributed by atoms with Crippen LogP contribution in [0.15, 0.2) is 140 Å². The molecule has 0 aliphatic rings. The number of phenolic OH excluding ortho intramolecular Hbond substituents is 1. The largest absolute Gasteiger partial charge is 0.507 e. The van der Waals surface area contributed by atoms with Crippen LogP contribution >= 0.6 is 0 Å². The zero-order valence-electron chi connectivity index (χ0n) is 30.5. The standard InChI is InChI=1S/C46H43N5O/c1-45(2,3)33-27-37(43(52)38(28-33)46(4,5)6)42-36-23-15-16-24-39(36)51(49-42)41-26-32(30-17-9-7-10-18-30)25-40(48-41)50(34-20-11-8-12-21-34)44-35-22-14-13-19-31(35)29-47-44/h7-29,47,52H,1-6H3. The summed E-state index contributed by atoms with van der Waals surface area (Å²) in [5, 5.41) is 20.4. The Morgan fingerprint density at radius 1 is 0.654 bits per heavy atom. The maximum atomic E-state index is 12.0. The molecule has 0 amide bonds. The fraction of sp³-hybridized carbons (Fsp3) is 0.174. The summed E-state index contributed by atoms with van der Waals surface area (Å²) in [5.41, 5.74) is 7.02. The van der Waals surface area contributed by atoms with Crippen molar-refractivity contribution >= 4 is 39.0 Å². The number of aromatic hydroxyl groups is 1. The fourth-order valence-corrected chi connectivity index (χ4v) is 6.98. The molecule has 8 rings (SSSR count). The van der Waals surface area contributed by atoms with E-state index < -0.39 is 0 Å². The highest BCUT2D eigenvalue weighted by Crippen LogP contribution is 2.44. The first-order valence-electron chi connectivity index (χ1n) is 17.8. The van der Waals surface area contributed by atoms with Crippen molar-refractivity contribution in [3.8, 4) is 34.0 Å². The van der Waals surface area contributed by atoms with Crippen LogP contribution < -0.4 is 4.90 Å². The molecule has 0 fully saturated rings. The number of benzene rings is 5. The number of phenols is 1. The lowest BCUT2D eigenvalue weighted by molar-refractivity contribution is 0.446. The molecule has 3 heterocycles. The first kappa shape index (κ1) is 33.0. The van der Waals surface area contributed by atoms with Gasteiger partial charge in [-0.05, 0) is 63.9 Å². The molecular weight excluding hydrogens is 639 g/mol. The molecule has 0 atom stereocenters. The molecule has 258 valence electrons. The Balaban J connectivity index is 1.41. The van der Waals surface area contributed by atoms with Crippen molar-refractivity contribution in [3.05, 3.63) is 151 Å². The van der Waals surface area contributed by atoms with E-state index in [4.69, 9.17) is 10.1 Å². The van der Waals surface area contributed by atoms with Gasteiger partial charge in [-0.25, -0.2) is 9.67 Å². The molecular formula is C46H43N5O. The monoisotopic (exact) mass is 681 g/mol. The summed E-state index contributed by atoms with van der Waals surface area (Å²) in [6, 6.07) is 45.8. The van der Waals surface area contributed by atoms with Crippen molar-refractivity contribution in [2.75, 3.05) is 4.90 Å². The van der Waals surface area contributed by atoms with Crippen LogP contribution in [0.5, 0.6) is 5.75 Å². The van der Waals surface area contributed by atoms with E-state index in [2.05, 4.69) is 148 Å². The van der Waals surface area contributed by atoms with Crippen molar-refractivity contribution in [1.82, 2.24) is 19.7 Å². The zero-order valence-corrected chi connectivity index (χ0v) is 30.5. The van der Waals surface area contributed by atoms with Gasteiger partial charge in [0.15, 0.2) is 5.82 Å². The second kappa shape index (κ2) is 12.6. The van der Waals surface area contributed by atoms with Crippen LogP contribution in [0.4, 0.5) is 17.3 Å². The van der Waals surface area contributed by atoms with Crippen molar-refractivity contribution in [1.29, 1.82) is 0 Å². The number of rotatable bonds is 6.